The number of thioether (sulfide) groups is 1. The van der Waals surface area contributed by atoms with E-state index in [9.17, 15) is 4.79 Å². The number of ether oxygens (including phenoxy) is 1. The van der Waals surface area contributed by atoms with Gasteiger partial charge in [-0.2, -0.15) is 11.8 Å². The van der Waals surface area contributed by atoms with Crippen LogP contribution in [0.5, 0.6) is 0 Å². The lowest BCUT2D eigenvalue weighted by Gasteiger charge is -2.27. The van der Waals surface area contributed by atoms with E-state index < -0.39 is 0 Å². The summed E-state index contributed by atoms with van der Waals surface area (Å²) < 4.78 is 7.20. The molecule has 5 heteroatoms. The highest BCUT2D eigenvalue weighted by Crippen LogP contribution is 2.35. The number of rotatable bonds is 2. The second-order valence-corrected chi connectivity index (χ2v) is 6.52. The maximum Gasteiger partial charge on any atom is 0.314 e. The third kappa shape index (κ3) is 2.40. The molecule has 0 aromatic carbocycles. The van der Waals surface area contributed by atoms with Crippen LogP contribution >= 0.6 is 11.8 Å². The molecule has 2 aliphatic heterocycles. The van der Waals surface area contributed by atoms with Crippen molar-refractivity contribution in [2.24, 2.45) is 0 Å². The maximum atomic E-state index is 11.8. The highest BCUT2D eigenvalue weighted by Gasteiger charge is 2.31. The molecule has 0 amide bonds. The lowest BCUT2D eigenvalue weighted by atomic mass is 9.95. The van der Waals surface area contributed by atoms with Crippen LogP contribution in [0.1, 0.15) is 49.0 Å². The van der Waals surface area contributed by atoms with Crippen LogP contribution in [0.15, 0.2) is 6.20 Å². The summed E-state index contributed by atoms with van der Waals surface area (Å²) in [5.74, 6) is 4.00. The van der Waals surface area contributed by atoms with Crippen molar-refractivity contribution in [2.75, 3.05) is 18.6 Å². The Balaban J connectivity index is 1.89. The molecular formula is C14H20N2O2S. The van der Waals surface area contributed by atoms with E-state index in [1.54, 1.807) is 0 Å². The fraction of sp³-hybridized carbons (Fsp3) is 0.714. The van der Waals surface area contributed by atoms with Gasteiger partial charge in [0.05, 0.1) is 18.7 Å². The number of methoxy groups -OCH3 is 1. The van der Waals surface area contributed by atoms with Crippen LogP contribution in [0.3, 0.4) is 0 Å². The first-order chi connectivity index (χ1) is 9.31. The van der Waals surface area contributed by atoms with Gasteiger partial charge in [-0.3, -0.25) is 4.79 Å². The second kappa shape index (κ2) is 5.57. The van der Waals surface area contributed by atoms with Crippen molar-refractivity contribution >= 4 is 17.7 Å². The zero-order valence-corrected chi connectivity index (χ0v) is 12.1. The quantitative estimate of drug-likeness (QED) is 0.781. The van der Waals surface area contributed by atoms with Crippen molar-refractivity contribution in [3.8, 4) is 0 Å². The fourth-order valence-corrected chi connectivity index (χ4v) is 4.30. The molecule has 0 bridgehead atoms. The largest absolute Gasteiger partial charge is 0.469 e. The molecule has 0 saturated carbocycles. The molecule has 0 spiro atoms. The van der Waals surface area contributed by atoms with Gasteiger partial charge in [0.25, 0.3) is 0 Å². The molecule has 3 heterocycles. The van der Waals surface area contributed by atoms with Gasteiger partial charge in [-0.1, -0.05) is 0 Å². The van der Waals surface area contributed by atoms with Crippen LogP contribution in [0.4, 0.5) is 0 Å². The number of hydrogen-bond acceptors (Lipinski definition) is 4. The van der Waals surface area contributed by atoms with E-state index in [1.807, 2.05) is 18.0 Å². The van der Waals surface area contributed by atoms with Gasteiger partial charge in [-0.05, 0) is 37.2 Å². The number of hydrogen-bond donors (Lipinski definition) is 0. The van der Waals surface area contributed by atoms with Crippen LogP contribution < -0.4 is 0 Å². The van der Waals surface area contributed by atoms with E-state index in [0.29, 0.717) is 5.92 Å². The van der Waals surface area contributed by atoms with Crippen molar-refractivity contribution < 1.29 is 9.53 Å². The molecule has 3 rings (SSSR count). The minimum Gasteiger partial charge on any atom is -0.469 e. The van der Waals surface area contributed by atoms with Crippen LogP contribution in [0, 0.1) is 0 Å². The summed E-state index contributed by atoms with van der Waals surface area (Å²) in [5, 5.41) is 0. The molecule has 1 atom stereocenters. The van der Waals surface area contributed by atoms with E-state index in [4.69, 9.17) is 4.74 Å². The second-order valence-electron chi connectivity index (χ2n) is 5.30. The number of esters is 1. The molecule has 1 saturated heterocycles. The predicted octanol–water partition coefficient (Wildman–Crippen LogP) is 2.54. The van der Waals surface area contributed by atoms with Crippen LogP contribution in [0.25, 0.3) is 0 Å². The van der Waals surface area contributed by atoms with Crippen molar-refractivity contribution in [2.45, 2.75) is 44.1 Å². The van der Waals surface area contributed by atoms with Gasteiger partial charge in [-0.25, -0.2) is 4.98 Å². The summed E-state index contributed by atoms with van der Waals surface area (Å²) in [7, 11) is 1.47. The molecule has 1 fully saturated rings. The van der Waals surface area contributed by atoms with Crippen molar-refractivity contribution in [1.29, 1.82) is 0 Å². The Hall–Kier alpha value is -0.970. The highest BCUT2D eigenvalue weighted by molar-refractivity contribution is 7.99. The molecule has 1 aromatic heterocycles. The van der Waals surface area contributed by atoms with Crippen molar-refractivity contribution in [3.05, 3.63) is 17.7 Å². The van der Waals surface area contributed by atoms with E-state index in [1.165, 1.54) is 37.3 Å². The fourth-order valence-electron chi connectivity index (χ4n) is 3.19. The van der Waals surface area contributed by atoms with Gasteiger partial charge in [0, 0.05) is 18.7 Å². The lowest BCUT2D eigenvalue weighted by Crippen LogP contribution is -2.25. The number of carbonyl (C=O) groups is 1. The van der Waals surface area contributed by atoms with Crippen molar-refractivity contribution in [3.63, 3.8) is 0 Å². The summed E-state index contributed by atoms with van der Waals surface area (Å²) in [4.78, 5) is 16.5. The minimum absolute atomic E-state index is 0.113. The average molecular weight is 280 g/mol. The monoisotopic (exact) mass is 280 g/mol. The smallest absolute Gasteiger partial charge is 0.314 e. The Morgan fingerprint density at radius 3 is 2.95 bits per heavy atom. The van der Waals surface area contributed by atoms with E-state index >= 15 is 0 Å². The predicted molar refractivity (Wildman–Crippen MR) is 75.5 cm³/mol. The molecule has 0 aliphatic carbocycles. The molecule has 104 valence electrons. The maximum absolute atomic E-state index is 11.8. The first kappa shape index (κ1) is 13.0. The van der Waals surface area contributed by atoms with Gasteiger partial charge >= 0.3 is 5.97 Å². The number of imidazole rings is 1. The lowest BCUT2D eigenvalue weighted by molar-refractivity contribution is -0.143. The van der Waals surface area contributed by atoms with Gasteiger partial charge in [0.15, 0.2) is 0 Å². The van der Waals surface area contributed by atoms with Crippen LogP contribution in [0.2, 0.25) is 0 Å². The Bertz CT molecular complexity index is 466. The molecule has 1 unspecified atom stereocenters. The molecular weight excluding hydrogens is 260 g/mol. The SMILES string of the molecule is COC(=O)C1CCCn2c1cnc2C1CCSCC1. The zero-order valence-electron chi connectivity index (χ0n) is 11.3. The Labute approximate surface area is 117 Å². The normalized spacial score (nSPS) is 23.9. The minimum atomic E-state index is -0.119. The molecule has 19 heavy (non-hydrogen) atoms. The van der Waals surface area contributed by atoms with E-state index in [0.717, 1.165) is 25.1 Å². The number of aromatic nitrogens is 2. The van der Waals surface area contributed by atoms with E-state index in [-0.39, 0.29) is 11.9 Å². The summed E-state index contributed by atoms with van der Waals surface area (Å²) in [6, 6.07) is 0. The average Bonchev–Trinajstić information content (AvgIpc) is 2.91. The topological polar surface area (TPSA) is 44.1 Å². The molecule has 1 aromatic rings. The third-order valence-electron chi connectivity index (χ3n) is 4.22. The van der Waals surface area contributed by atoms with Gasteiger partial charge < -0.3 is 9.30 Å². The molecule has 0 radical (unpaired) electrons. The van der Waals surface area contributed by atoms with Crippen LogP contribution in [-0.2, 0) is 16.1 Å². The number of carbonyl (C=O) groups excluding carboxylic acids is 1. The summed E-state index contributed by atoms with van der Waals surface area (Å²) in [5.41, 5.74) is 1.06. The number of nitrogens with zero attached hydrogens (tertiary/aromatic N) is 2. The molecule has 0 N–H and O–H groups in total. The van der Waals surface area contributed by atoms with Gasteiger partial charge in [0.1, 0.15) is 5.82 Å². The Kier molecular flexibility index (Phi) is 3.82. The first-order valence-corrected chi connectivity index (χ1v) is 8.17. The van der Waals surface area contributed by atoms with Crippen molar-refractivity contribution in [1.82, 2.24) is 9.55 Å². The summed E-state index contributed by atoms with van der Waals surface area (Å²) in [6.45, 7) is 1.00. The third-order valence-corrected chi connectivity index (χ3v) is 5.27. The van der Waals surface area contributed by atoms with E-state index in [2.05, 4.69) is 9.55 Å². The summed E-state index contributed by atoms with van der Waals surface area (Å²) in [6.07, 6.45) is 6.25. The Morgan fingerprint density at radius 2 is 2.21 bits per heavy atom. The summed E-state index contributed by atoms with van der Waals surface area (Å²) >= 11 is 2.03. The molecule has 4 nitrogen and oxygen atoms in total. The Morgan fingerprint density at radius 1 is 1.42 bits per heavy atom. The van der Waals surface area contributed by atoms with Gasteiger partial charge in [-0.15, -0.1) is 0 Å². The molecule has 2 aliphatic rings. The first-order valence-electron chi connectivity index (χ1n) is 7.02. The zero-order chi connectivity index (χ0) is 13.2. The van der Waals surface area contributed by atoms with Crippen LogP contribution in [-0.4, -0.2) is 34.1 Å². The number of fused-ring (bicyclic) bond motifs is 1. The highest BCUT2D eigenvalue weighted by atomic mass is 32.2. The van der Waals surface area contributed by atoms with Gasteiger partial charge in [0.2, 0.25) is 0 Å². The standard InChI is InChI=1S/C14H20N2O2S/c1-18-14(17)11-3-2-6-16-12(11)9-15-13(16)10-4-7-19-8-5-10/h9-11H,2-8H2,1H3.